The maximum atomic E-state index is 12.1. The van der Waals surface area contributed by atoms with E-state index in [2.05, 4.69) is 39.7 Å². The average molecular weight is 467 g/mol. The Morgan fingerprint density at radius 3 is 2.24 bits per heavy atom. The van der Waals surface area contributed by atoms with E-state index in [1.165, 1.54) is 13.0 Å². The van der Waals surface area contributed by atoms with Crippen LogP contribution in [-0.2, 0) is 4.79 Å². The van der Waals surface area contributed by atoms with Crippen LogP contribution in [0.1, 0.15) is 53.9 Å². The first kappa shape index (κ1) is 24.4. The standard InChI is InChI=1S/C18H37N5O.HI/c1-6-11-23-12-9-15(10-13-23)22-17(20-8-3)21-14-18(4,5)16(24)19-7-2;/h15H,6-14H2,1-5H3,(H,19,24)(H2,20,21,22);1H. The van der Waals surface area contributed by atoms with Gasteiger partial charge in [-0.3, -0.25) is 9.79 Å². The van der Waals surface area contributed by atoms with Gasteiger partial charge in [0.1, 0.15) is 0 Å². The van der Waals surface area contributed by atoms with Crippen molar-refractivity contribution in [1.82, 2.24) is 20.9 Å². The van der Waals surface area contributed by atoms with E-state index >= 15 is 0 Å². The highest BCUT2D eigenvalue weighted by atomic mass is 127. The lowest BCUT2D eigenvalue weighted by atomic mass is 9.92. The zero-order chi connectivity index (χ0) is 18.0. The molecule has 0 aromatic carbocycles. The summed E-state index contributed by atoms with van der Waals surface area (Å²) in [6.07, 6.45) is 3.51. The lowest BCUT2D eigenvalue weighted by Crippen LogP contribution is -2.49. The number of hydrogen-bond donors (Lipinski definition) is 3. The van der Waals surface area contributed by atoms with Crippen molar-refractivity contribution in [2.24, 2.45) is 10.4 Å². The number of halogens is 1. The number of rotatable bonds is 8. The molecule has 0 unspecified atom stereocenters. The van der Waals surface area contributed by atoms with Crippen molar-refractivity contribution in [3.8, 4) is 0 Å². The van der Waals surface area contributed by atoms with Crippen molar-refractivity contribution in [1.29, 1.82) is 0 Å². The number of guanidine groups is 1. The lowest BCUT2D eigenvalue weighted by molar-refractivity contribution is -0.128. The summed E-state index contributed by atoms with van der Waals surface area (Å²) in [5.41, 5.74) is -0.497. The number of carbonyl (C=O) groups is 1. The summed E-state index contributed by atoms with van der Waals surface area (Å²) < 4.78 is 0. The van der Waals surface area contributed by atoms with Crippen molar-refractivity contribution in [2.45, 2.75) is 59.9 Å². The summed E-state index contributed by atoms with van der Waals surface area (Å²) >= 11 is 0. The molecule has 0 atom stereocenters. The van der Waals surface area contributed by atoms with E-state index < -0.39 is 5.41 Å². The quantitative estimate of drug-likeness (QED) is 0.291. The van der Waals surface area contributed by atoms with Crippen LogP contribution in [0.5, 0.6) is 0 Å². The van der Waals surface area contributed by atoms with Gasteiger partial charge in [0.2, 0.25) is 5.91 Å². The first-order valence-electron chi connectivity index (χ1n) is 9.48. The van der Waals surface area contributed by atoms with Crippen LogP contribution in [0, 0.1) is 5.41 Å². The minimum absolute atomic E-state index is 0. The Morgan fingerprint density at radius 1 is 1.12 bits per heavy atom. The highest BCUT2D eigenvalue weighted by molar-refractivity contribution is 14.0. The van der Waals surface area contributed by atoms with E-state index in [9.17, 15) is 4.79 Å². The van der Waals surface area contributed by atoms with Crippen molar-refractivity contribution in [2.75, 3.05) is 39.3 Å². The zero-order valence-corrected chi connectivity index (χ0v) is 19.0. The highest BCUT2D eigenvalue weighted by Gasteiger charge is 2.27. The Balaban J connectivity index is 0.00000576. The number of aliphatic imine (C=N–C) groups is 1. The van der Waals surface area contributed by atoms with Gasteiger partial charge < -0.3 is 20.9 Å². The largest absolute Gasteiger partial charge is 0.357 e. The third kappa shape index (κ3) is 9.08. The van der Waals surface area contributed by atoms with Gasteiger partial charge in [-0.05, 0) is 53.5 Å². The molecule has 0 bridgehead atoms. The molecule has 25 heavy (non-hydrogen) atoms. The molecule has 1 heterocycles. The number of nitrogens with one attached hydrogen (secondary N) is 3. The Labute approximate surface area is 171 Å². The maximum absolute atomic E-state index is 12.1. The molecule has 1 amide bonds. The Bertz CT molecular complexity index is 406. The topological polar surface area (TPSA) is 68.8 Å². The van der Waals surface area contributed by atoms with Crippen molar-refractivity contribution >= 4 is 35.8 Å². The maximum Gasteiger partial charge on any atom is 0.227 e. The van der Waals surface area contributed by atoms with Crippen molar-refractivity contribution in [3.63, 3.8) is 0 Å². The summed E-state index contributed by atoms with van der Waals surface area (Å²) in [7, 11) is 0. The zero-order valence-electron chi connectivity index (χ0n) is 16.7. The fourth-order valence-corrected chi connectivity index (χ4v) is 2.88. The van der Waals surface area contributed by atoms with E-state index in [0.29, 0.717) is 19.1 Å². The first-order chi connectivity index (χ1) is 11.4. The van der Waals surface area contributed by atoms with Gasteiger partial charge in [0, 0.05) is 32.2 Å². The van der Waals surface area contributed by atoms with E-state index in [0.717, 1.165) is 38.4 Å². The van der Waals surface area contributed by atoms with E-state index in [1.54, 1.807) is 0 Å². The van der Waals surface area contributed by atoms with Gasteiger partial charge in [-0.15, -0.1) is 24.0 Å². The van der Waals surface area contributed by atoms with Crippen LogP contribution in [0.2, 0.25) is 0 Å². The summed E-state index contributed by atoms with van der Waals surface area (Å²) in [4.78, 5) is 19.3. The van der Waals surface area contributed by atoms with Crippen LogP contribution < -0.4 is 16.0 Å². The second kappa shape index (κ2) is 12.7. The molecule has 7 heteroatoms. The smallest absolute Gasteiger partial charge is 0.227 e. The van der Waals surface area contributed by atoms with Crippen LogP contribution in [0.25, 0.3) is 0 Å². The lowest BCUT2D eigenvalue weighted by Gasteiger charge is -2.33. The average Bonchev–Trinajstić information content (AvgIpc) is 2.55. The third-order valence-corrected chi connectivity index (χ3v) is 4.40. The van der Waals surface area contributed by atoms with Gasteiger partial charge >= 0.3 is 0 Å². The minimum Gasteiger partial charge on any atom is -0.357 e. The third-order valence-electron chi connectivity index (χ3n) is 4.40. The van der Waals surface area contributed by atoms with Gasteiger partial charge in [0.15, 0.2) is 5.96 Å². The van der Waals surface area contributed by atoms with Crippen LogP contribution in [0.4, 0.5) is 0 Å². The molecule has 1 aliphatic heterocycles. The molecular weight excluding hydrogens is 429 g/mol. The van der Waals surface area contributed by atoms with E-state index in [1.807, 2.05) is 20.8 Å². The number of amides is 1. The van der Waals surface area contributed by atoms with E-state index in [-0.39, 0.29) is 29.9 Å². The van der Waals surface area contributed by atoms with Crippen molar-refractivity contribution in [3.05, 3.63) is 0 Å². The molecule has 1 aliphatic rings. The van der Waals surface area contributed by atoms with Crippen LogP contribution in [0.3, 0.4) is 0 Å². The molecule has 6 nitrogen and oxygen atoms in total. The predicted molar refractivity (Wildman–Crippen MR) is 117 cm³/mol. The summed E-state index contributed by atoms with van der Waals surface area (Å²) in [6, 6.07) is 0.462. The minimum atomic E-state index is -0.497. The monoisotopic (exact) mass is 467 g/mol. The number of nitrogens with zero attached hydrogens (tertiary/aromatic N) is 2. The molecule has 148 valence electrons. The van der Waals surface area contributed by atoms with Gasteiger partial charge in [-0.2, -0.15) is 0 Å². The molecular formula is C18H38IN5O. The summed E-state index contributed by atoms with van der Waals surface area (Å²) in [6.45, 7) is 15.6. The van der Waals surface area contributed by atoms with Crippen LogP contribution in [0.15, 0.2) is 4.99 Å². The summed E-state index contributed by atoms with van der Waals surface area (Å²) in [5, 5.41) is 9.73. The Morgan fingerprint density at radius 2 is 1.72 bits per heavy atom. The highest BCUT2D eigenvalue weighted by Crippen LogP contribution is 2.16. The molecule has 3 N–H and O–H groups in total. The fraction of sp³-hybridized carbons (Fsp3) is 0.889. The number of carbonyl (C=O) groups excluding carboxylic acids is 1. The number of likely N-dealkylation sites (tertiary alicyclic amines) is 1. The molecule has 0 radical (unpaired) electrons. The molecule has 0 spiro atoms. The Kier molecular flexibility index (Phi) is 12.4. The molecule has 1 saturated heterocycles. The van der Waals surface area contributed by atoms with Gasteiger partial charge in [0.25, 0.3) is 0 Å². The predicted octanol–water partition coefficient (Wildman–Crippen LogP) is 2.20. The van der Waals surface area contributed by atoms with Gasteiger partial charge in [-0.25, -0.2) is 0 Å². The van der Waals surface area contributed by atoms with Crippen LogP contribution in [-0.4, -0.2) is 62.1 Å². The van der Waals surface area contributed by atoms with Crippen LogP contribution >= 0.6 is 24.0 Å². The van der Waals surface area contributed by atoms with Gasteiger partial charge in [0.05, 0.1) is 12.0 Å². The molecule has 1 fully saturated rings. The second-order valence-corrected chi connectivity index (χ2v) is 7.20. The Hall–Kier alpha value is -0.570. The van der Waals surface area contributed by atoms with Crippen molar-refractivity contribution < 1.29 is 4.79 Å². The van der Waals surface area contributed by atoms with Gasteiger partial charge in [-0.1, -0.05) is 6.92 Å². The SMILES string of the molecule is CCCN1CCC(NC(=NCC(C)(C)C(=O)NCC)NCC)CC1.I. The van der Waals surface area contributed by atoms with E-state index in [4.69, 9.17) is 0 Å². The summed E-state index contributed by atoms with van der Waals surface area (Å²) in [5.74, 6) is 0.876. The molecule has 0 saturated carbocycles. The molecule has 0 aromatic rings. The number of piperidine rings is 1. The number of hydrogen-bond acceptors (Lipinski definition) is 3. The second-order valence-electron chi connectivity index (χ2n) is 7.20. The molecule has 0 aliphatic carbocycles. The fourth-order valence-electron chi connectivity index (χ4n) is 2.88. The molecule has 1 rings (SSSR count). The molecule has 0 aromatic heterocycles. The first-order valence-corrected chi connectivity index (χ1v) is 9.48. The normalized spacial score (nSPS) is 16.9.